The van der Waals surface area contributed by atoms with Crippen molar-refractivity contribution in [1.82, 2.24) is 25.0 Å². The van der Waals surface area contributed by atoms with Crippen molar-refractivity contribution in [3.63, 3.8) is 0 Å². The summed E-state index contributed by atoms with van der Waals surface area (Å²) in [7, 11) is 1.68. The molecule has 2 heterocycles. The zero-order chi connectivity index (χ0) is 16.4. The highest BCUT2D eigenvalue weighted by Gasteiger charge is 2.14. The molecule has 0 radical (unpaired) electrons. The first-order valence-electron chi connectivity index (χ1n) is 6.70. The van der Waals surface area contributed by atoms with Crippen molar-refractivity contribution in [3.8, 4) is 11.5 Å². The van der Waals surface area contributed by atoms with E-state index >= 15 is 0 Å². The highest BCUT2D eigenvalue weighted by atomic mass is 19.1. The predicted octanol–water partition coefficient (Wildman–Crippen LogP) is 1.40. The molecule has 0 atom stereocenters. The summed E-state index contributed by atoms with van der Waals surface area (Å²) in [6.07, 6.45) is 0. The molecule has 0 fully saturated rings. The molecule has 118 valence electrons. The van der Waals surface area contributed by atoms with Crippen molar-refractivity contribution in [3.05, 3.63) is 58.0 Å². The topological polar surface area (TPSA) is 88.5 Å². The number of rotatable bonds is 4. The number of nitrogens with zero attached hydrogens (tertiary/aromatic N) is 4. The largest absolute Gasteiger partial charge is 0.373 e. The quantitative estimate of drug-likeness (QED) is 0.759. The average Bonchev–Trinajstić information content (AvgIpc) is 2.95. The molecule has 0 aliphatic carbocycles. The van der Waals surface area contributed by atoms with Gasteiger partial charge < -0.3 is 5.32 Å². The highest BCUT2D eigenvalue weighted by Crippen LogP contribution is 2.19. The summed E-state index contributed by atoms with van der Waals surface area (Å²) in [5.74, 6) is -0.953. The maximum Gasteiger partial charge on any atom is 0.306 e. The van der Waals surface area contributed by atoms with Crippen LogP contribution in [0.2, 0.25) is 0 Å². The Labute approximate surface area is 129 Å². The number of benzene rings is 1. The van der Waals surface area contributed by atoms with Crippen LogP contribution in [0.1, 0.15) is 5.56 Å². The van der Waals surface area contributed by atoms with Gasteiger partial charge in [0.2, 0.25) is 0 Å². The molecule has 7 nitrogen and oxygen atoms in total. The summed E-state index contributed by atoms with van der Waals surface area (Å²) in [6, 6.07) is 7.94. The van der Waals surface area contributed by atoms with E-state index < -0.39 is 11.5 Å². The summed E-state index contributed by atoms with van der Waals surface area (Å²) < 4.78 is 28.2. The Morgan fingerprint density at radius 2 is 2.04 bits per heavy atom. The molecule has 0 amide bonds. The van der Waals surface area contributed by atoms with Crippen LogP contribution in [0, 0.1) is 11.8 Å². The number of H-pyrrole nitrogens is 1. The number of hydrogen-bond donors (Lipinski definition) is 2. The van der Waals surface area contributed by atoms with Crippen molar-refractivity contribution in [2.24, 2.45) is 0 Å². The molecule has 0 saturated heterocycles. The molecule has 0 aliphatic rings. The number of hydrogen-bond acceptors (Lipinski definition) is 5. The van der Waals surface area contributed by atoms with E-state index in [0.717, 1.165) is 0 Å². The average molecular weight is 318 g/mol. The summed E-state index contributed by atoms with van der Waals surface area (Å²) in [4.78, 5) is 13.5. The van der Waals surface area contributed by atoms with Gasteiger partial charge in [-0.1, -0.05) is 18.2 Å². The van der Waals surface area contributed by atoms with Crippen molar-refractivity contribution in [2.45, 2.75) is 6.54 Å². The first kappa shape index (κ1) is 14.8. The Morgan fingerprint density at radius 3 is 2.74 bits per heavy atom. The van der Waals surface area contributed by atoms with Gasteiger partial charge in [0, 0.05) is 18.7 Å². The van der Waals surface area contributed by atoms with Crippen LogP contribution in [0.5, 0.6) is 0 Å². The van der Waals surface area contributed by atoms with Crippen LogP contribution in [0.15, 0.2) is 35.1 Å². The highest BCUT2D eigenvalue weighted by molar-refractivity contribution is 5.55. The lowest BCUT2D eigenvalue weighted by molar-refractivity contribution is 0.541. The number of nitrogens with one attached hydrogen (secondary N) is 2. The first-order valence-corrected chi connectivity index (χ1v) is 6.70. The second kappa shape index (κ2) is 5.95. The van der Waals surface area contributed by atoms with Gasteiger partial charge in [0.1, 0.15) is 17.3 Å². The normalized spacial score (nSPS) is 10.7. The van der Waals surface area contributed by atoms with Crippen LogP contribution < -0.4 is 10.9 Å². The summed E-state index contributed by atoms with van der Waals surface area (Å²) in [5.41, 5.74) is -0.239. The molecule has 0 aliphatic heterocycles. The molecular weight excluding hydrogens is 306 g/mol. The fourth-order valence-corrected chi connectivity index (χ4v) is 2.08. The monoisotopic (exact) mass is 318 g/mol. The van der Waals surface area contributed by atoms with Crippen LogP contribution in [0.25, 0.3) is 11.5 Å². The smallest absolute Gasteiger partial charge is 0.306 e. The molecule has 0 spiro atoms. The van der Waals surface area contributed by atoms with E-state index in [1.54, 1.807) is 31.3 Å². The van der Waals surface area contributed by atoms with Gasteiger partial charge in [-0.05, 0) is 6.07 Å². The minimum absolute atomic E-state index is 0.0279. The minimum atomic E-state index is -1.21. The van der Waals surface area contributed by atoms with Gasteiger partial charge >= 0.3 is 5.56 Å². The maximum absolute atomic E-state index is 13.8. The Hall–Kier alpha value is -3.10. The van der Waals surface area contributed by atoms with Gasteiger partial charge in [-0.15, -0.1) is 10.2 Å². The van der Waals surface area contributed by atoms with E-state index in [0.29, 0.717) is 11.4 Å². The SMILES string of the molecule is CNc1cc(-c2nnc(F)c(=O)[nH]2)nn1Cc1ccccc1F. The van der Waals surface area contributed by atoms with E-state index in [1.165, 1.54) is 10.7 Å². The molecule has 23 heavy (non-hydrogen) atoms. The van der Waals surface area contributed by atoms with Gasteiger partial charge in [-0.2, -0.15) is 9.49 Å². The van der Waals surface area contributed by atoms with Gasteiger partial charge in [-0.25, -0.2) is 9.07 Å². The third-order valence-corrected chi connectivity index (χ3v) is 3.21. The lowest BCUT2D eigenvalue weighted by Crippen LogP contribution is -2.16. The van der Waals surface area contributed by atoms with E-state index in [2.05, 4.69) is 25.6 Å². The second-order valence-electron chi connectivity index (χ2n) is 4.71. The van der Waals surface area contributed by atoms with Gasteiger partial charge in [0.25, 0.3) is 5.95 Å². The van der Waals surface area contributed by atoms with Crippen LogP contribution in [0.3, 0.4) is 0 Å². The van der Waals surface area contributed by atoms with Crippen LogP contribution in [-0.2, 0) is 6.54 Å². The minimum Gasteiger partial charge on any atom is -0.373 e. The van der Waals surface area contributed by atoms with Gasteiger partial charge in [0.15, 0.2) is 5.82 Å². The zero-order valence-corrected chi connectivity index (χ0v) is 12.0. The molecule has 2 aromatic heterocycles. The summed E-state index contributed by atoms with van der Waals surface area (Å²) in [5, 5.41) is 13.9. The Morgan fingerprint density at radius 1 is 1.26 bits per heavy atom. The Kier molecular flexibility index (Phi) is 3.83. The molecule has 3 rings (SSSR count). The molecule has 3 aromatic rings. The maximum atomic E-state index is 13.8. The second-order valence-corrected chi connectivity index (χ2v) is 4.71. The fourth-order valence-electron chi connectivity index (χ4n) is 2.08. The zero-order valence-electron chi connectivity index (χ0n) is 12.0. The van der Waals surface area contributed by atoms with E-state index in [4.69, 9.17) is 0 Å². The lowest BCUT2D eigenvalue weighted by Gasteiger charge is -2.07. The molecule has 0 saturated carbocycles. The number of halogens is 2. The molecule has 0 unspecified atom stereocenters. The molecule has 1 aromatic carbocycles. The molecule has 9 heteroatoms. The molecule has 2 N–H and O–H groups in total. The van der Waals surface area contributed by atoms with Crippen LogP contribution >= 0.6 is 0 Å². The first-order chi connectivity index (χ1) is 11.1. The van der Waals surface area contributed by atoms with Gasteiger partial charge in [0.05, 0.1) is 6.54 Å². The number of anilines is 1. The van der Waals surface area contributed by atoms with Crippen molar-refractivity contribution in [1.29, 1.82) is 0 Å². The standard InChI is InChI=1S/C14H12F2N6O/c1-17-11-6-10(13-18-14(23)12(16)19-20-13)21-22(11)7-8-4-2-3-5-9(8)15/h2-6,17H,7H2,1H3,(H,18,20,23). The van der Waals surface area contributed by atoms with Crippen LogP contribution in [-0.4, -0.2) is 32.0 Å². The van der Waals surface area contributed by atoms with Crippen molar-refractivity contribution in [2.75, 3.05) is 12.4 Å². The third kappa shape index (κ3) is 2.93. The third-order valence-electron chi connectivity index (χ3n) is 3.21. The Bertz CT molecular complexity index is 904. The summed E-state index contributed by atoms with van der Waals surface area (Å²) >= 11 is 0. The number of aromatic nitrogens is 5. The molecule has 0 bridgehead atoms. The predicted molar refractivity (Wildman–Crippen MR) is 78.9 cm³/mol. The van der Waals surface area contributed by atoms with E-state index in [1.807, 2.05) is 0 Å². The number of aromatic amines is 1. The van der Waals surface area contributed by atoms with Crippen LogP contribution in [0.4, 0.5) is 14.6 Å². The van der Waals surface area contributed by atoms with Crippen molar-refractivity contribution < 1.29 is 8.78 Å². The summed E-state index contributed by atoms with van der Waals surface area (Å²) in [6.45, 7) is 0.182. The molecular formula is C14H12F2N6O. The van der Waals surface area contributed by atoms with Gasteiger partial charge in [-0.3, -0.25) is 9.78 Å². The van der Waals surface area contributed by atoms with E-state index in [-0.39, 0.29) is 23.9 Å². The fraction of sp³-hybridized carbons (Fsp3) is 0.143. The van der Waals surface area contributed by atoms with Crippen molar-refractivity contribution >= 4 is 5.82 Å². The lowest BCUT2D eigenvalue weighted by atomic mass is 10.2. The Balaban J connectivity index is 1.99. The van der Waals surface area contributed by atoms with E-state index in [9.17, 15) is 13.6 Å².